The smallest absolute Gasteiger partial charge is 0.124 e. The van der Waals surface area contributed by atoms with E-state index >= 15 is 0 Å². The minimum absolute atomic E-state index is 0.0667. The fourth-order valence-electron chi connectivity index (χ4n) is 2.29. The van der Waals surface area contributed by atoms with Crippen LogP contribution in [0.2, 0.25) is 0 Å². The Hall–Kier alpha value is -0.670. The number of rotatable bonds is 2. The molecule has 0 radical (unpaired) electrons. The number of thioether (sulfide) groups is 1. The number of ether oxygens (including phenoxy) is 1. The number of hydrogen-bond acceptors (Lipinski definition) is 3. The van der Waals surface area contributed by atoms with Gasteiger partial charge in [0.1, 0.15) is 11.4 Å². The Balaban J connectivity index is 1.88. The SMILES string of the molecule is CC1(Oc2cccc3c2CNCC3)CSC1. The van der Waals surface area contributed by atoms with Crippen LogP contribution in [0.25, 0.3) is 0 Å². The lowest BCUT2D eigenvalue weighted by Gasteiger charge is -2.39. The molecule has 0 amide bonds. The van der Waals surface area contributed by atoms with E-state index in [2.05, 4.69) is 30.4 Å². The molecule has 2 nitrogen and oxygen atoms in total. The maximum atomic E-state index is 6.18. The van der Waals surface area contributed by atoms with Gasteiger partial charge in [0.2, 0.25) is 0 Å². The molecule has 0 saturated carbocycles. The molecule has 16 heavy (non-hydrogen) atoms. The van der Waals surface area contributed by atoms with Crippen molar-refractivity contribution in [2.75, 3.05) is 18.1 Å². The molecule has 0 aromatic heterocycles. The molecule has 0 unspecified atom stereocenters. The molecule has 3 heteroatoms. The van der Waals surface area contributed by atoms with E-state index in [9.17, 15) is 0 Å². The van der Waals surface area contributed by atoms with Gasteiger partial charge in [-0.15, -0.1) is 0 Å². The number of hydrogen-bond donors (Lipinski definition) is 1. The number of nitrogens with one attached hydrogen (secondary N) is 1. The van der Waals surface area contributed by atoms with Crippen LogP contribution >= 0.6 is 11.8 Å². The fraction of sp³-hybridized carbons (Fsp3) is 0.538. The first-order valence-corrected chi connectivity index (χ1v) is 7.01. The van der Waals surface area contributed by atoms with Crippen molar-refractivity contribution in [2.24, 2.45) is 0 Å². The van der Waals surface area contributed by atoms with Crippen LogP contribution in [-0.4, -0.2) is 23.7 Å². The van der Waals surface area contributed by atoms with Crippen molar-refractivity contribution in [2.45, 2.75) is 25.5 Å². The van der Waals surface area contributed by atoms with Gasteiger partial charge in [-0.2, -0.15) is 11.8 Å². The van der Waals surface area contributed by atoms with Crippen molar-refractivity contribution in [3.63, 3.8) is 0 Å². The third-order valence-electron chi connectivity index (χ3n) is 3.27. The topological polar surface area (TPSA) is 21.3 Å². The first-order chi connectivity index (χ1) is 7.77. The normalized spacial score (nSPS) is 22.1. The maximum Gasteiger partial charge on any atom is 0.124 e. The van der Waals surface area contributed by atoms with Crippen LogP contribution in [0.4, 0.5) is 0 Å². The van der Waals surface area contributed by atoms with Gasteiger partial charge in [-0.3, -0.25) is 0 Å². The molecule has 3 rings (SSSR count). The zero-order valence-corrected chi connectivity index (χ0v) is 10.4. The summed E-state index contributed by atoms with van der Waals surface area (Å²) < 4.78 is 6.18. The minimum Gasteiger partial charge on any atom is -0.486 e. The van der Waals surface area contributed by atoms with E-state index in [1.165, 1.54) is 11.1 Å². The van der Waals surface area contributed by atoms with Crippen LogP contribution in [0.1, 0.15) is 18.1 Å². The predicted molar refractivity (Wildman–Crippen MR) is 68.2 cm³/mol. The molecule has 0 aliphatic carbocycles. The summed E-state index contributed by atoms with van der Waals surface area (Å²) in [7, 11) is 0. The van der Waals surface area contributed by atoms with Gasteiger partial charge in [-0.1, -0.05) is 12.1 Å². The van der Waals surface area contributed by atoms with Gasteiger partial charge < -0.3 is 10.1 Å². The highest BCUT2D eigenvalue weighted by molar-refractivity contribution is 8.00. The third kappa shape index (κ3) is 1.82. The first kappa shape index (κ1) is 10.5. The Kier molecular flexibility index (Phi) is 2.60. The van der Waals surface area contributed by atoms with Gasteiger partial charge in [0.25, 0.3) is 0 Å². The Morgan fingerprint density at radius 2 is 2.25 bits per heavy atom. The second-order valence-corrected chi connectivity index (χ2v) is 5.85. The van der Waals surface area contributed by atoms with E-state index in [-0.39, 0.29) is 5.60 Å². The molecule has 0 bridgehead atoms. The van der Waals surface area contributed by atoms with E-state index in [1.54, 1.807) is 0 Å². The summed E-state index contributed by atoms with van der Waals surface area (Å²) in [5.41, 5.74) is 2.88. The van der Waals surface area contributed by atoms with E-state index < -0.39 is 0 Å². The number of fused-ring (bicyclic) bond motifs is 1. The van der Waals surface area contributed by atoms with Gasteiger partial charge in [0, 0.05) is 23.6 Å². The number of benzene rings is 1. The van der Waals surface area contributed by atoms with Crippen LogP contribution in [0.5, 0.6) is 5.75 Å². The summed E-state index contributed by atoms with van der Waals surface area (Å²) in [6.45, 7) is 4.25. The lowest BCUT2D eigenvalue weighted by atomic mass is 10.00. The predicted octanol–water partition coefficient (Wildman–Crippen LogP) is 2.22. The molecular formula is C13H17NOS. The molecule has 1 saturated heterocycles. The standard InChI is InChI=1S/C13H17NOS/c1-13(8-16-9-13)15-12-4-2-3-10-5-6-14-7-11(10)12/h2-4,14H,5-9H2,1H3. The maximum absolute atomic E-state index is 6.18. The average Bonchev–Trinajstić information content (AvgIpc) is 2.27. The van der Waals surface area contributed by atoms with Gasteiger partial charge >= 0.3 is 0 Å². The second-order valence-electron chi connectivity index (χ2n) is 4.87. The second kappa shape index (κ2) is 3.97. The monoisotopic (exact) mass is 235 g/mol. The van der Waals surface area contributed by atoms with E-state index in [4.69, 9.17) is 4.74 Å². The summed E-state index contributed by atoms with van der Waals surface area (Å²) in [6.07, 6.45) is 1.12. The fourth-order valence-corrected chi connectivity index (χ4v) is 3.19. The highest BCUT2D eigenvalue weighted by Crippen LogP contribution is 2.36. The lowest BCUT2D eigenvalue weighted by molar-refractivity contribution is 0.127. The third-order valence-corrected chi connectivity index (χ3v) is 4.90. The minimum atomic E-state index is 0.0667. The van der Waals surface area contributed by atoms with Crippen LogP contribution < -0.4 is 10.1 Å². The average molecular weight is 235 g/mol. The van der Waals surface area contributed by atoms with Crippen molar-refractivity contribution in [3.05, 3.63) is 29.3 Å². The van der Waals surface area contributed by atoms with E-state index in [0.29, 0.717) is 0 Å². The van der Waals surface area contributed by atoms with Crippen molar-refractivity contribution in [1.82, 2.24) is 5.32 Å². The van der Waals surface area contributed by atoms with Crippen LogP contribution in [0.3, 0.4) is 0 Å². The van der Waals surface area contributed by atoms with Crippen molar-refractivity contribution >= 4 is 11.8 Å². The highest BCUT2D eigenvalue weighted by Gasteiger charge is 2.35. The molecule has 2 aliphatic heterocycles. The molecule has 0 spiro atoms. The van der Waals surface area contributed by atoms with Crippen molar-refractivity contribution in [3.8, 4) is 5.75 Å². The molecule has 1 aromatic carbocycles. The van der Waals surface area contributed by atoms with E-state index in [0.717, 1.165) is 36.8 Å². The molecule has 0 atom stereocenters. The summed E-state index contributed by atoms with van der Waals surface area (Å²) in [5.74, 6) is 3.32. The Labute approximate surface area is 101 Å². The zero-order chi connectivity index (χ0) is 11.0. The van der Waals surface area contributed by atoms with Gasteiger partial charge in [0.15, 0.2) is 0 Å². The molecule has 1 N–H and O–H groups in total. The highest BCUT2D eigenvalue weighted by atomic mass is 32.2. The Morgan fingerprint density at radius 1 is 1.38 bits per heavy atom. The molecule has 2 aliphatic rings. The molecular weight excluding hydrogens is 218 g/mol. The summed E-state index contributed by atoms with van der Waals surface area (Å²) in [6, 6.07) is 6.45. The zero-order valence-electron chi connectivity index (χ0n) is 9.58. The van der Waals surface area contributed by atoms with Gasteiger partial charge in [-0.25, -0.2) is 0 Å². The van der Waals surface area contributed by atoms with Crippen molar-refractivity contribution < 1.29 is 4.74 Å². The lowest BCUT2D eigenvalue weighted by Crippen LogP contribution is -2.46. The Bertz CT molecular complexity index is 401. The van der Waals surface area contributed by atoms with Crippen LogP contribution in [-0.2, 0) is 13.0 Å². The molecule has 1 fully saturated rings. The molecule has 1 aromatic rings. The summed E-state index contributed by atoms with van der Waals surface area (Å²) in [5, 5.41) is 3.42. The molecule has 86 valence electrons. The summed E-state index contributed by atoms with van der Waals surface area (Å²) >= 11 is 1.96. The van der Waals surface area contributed by atoms with E-state index in [1.807, 2.05) is 11.8 Å². The van der Waals surface area contributed by atoms with Gasteiger partial charge in [-0.05, 0) is 31.5 Å². The quantitative estimate of drug-likeness (QED) is 0.849. The van der Waals surface area contributed by atoms with Crippen molar-refractivity contribution in [1.29, 1.82) is 0 Å². The summed E-state index contributed by atoms with van der Waals surface area (Å²) in [4.78, 5) is 0. The van der Waals surface area contributed by atoms with Gasteiger partial charge in [0.05, 0.1) is 0 Å². The Morgan fingerprint density at radius 3 is 3.00 bits per heavy atom. The molecule has 2 heterocycles. The van der Waals surface area contributed by atoms with Crippen LogP contribution in [0, 0.1) is 0 Å². The largest absolute Gasteiger partial charge is 0.486 e. The van der Waals surface area contributed by atoms with Crippen LogP contribution in [0.15, 0.2) is 18.2 Å². The first-order valence-electron chi connectivity index (χ1n) is 5.85.